The topological polar surface area (TPSA) is 303 Å². The number of carboxylic acids is 1. The number of carboxylic acid groups (broad SMARTS) is 1. The number of imide groups is 1. The fourth-order valence-corrected chi connectivity index (χ4v) is 9.57. The first-order valence-corrected chi connectivity index (χ1v) is 26.5. The lowest BCUT2D eigenvalue weighted by Gasteiger charge is -2.35. The van der Waals surface area contributed by atoms with Crippen LogP contribution in [0.4, 0.5) is 25.4 Å². The van der Waals surface area contributed by atoms with Crippen LogP contribution in [0.1, 0.15) is 111 Å². The number of anilines is 2. The predicted molar refractivity (Wildman–Crippen MR) is 288 cm³/mol. The number of benzene rings is 3. The van der Waals surface area contributed by atoms with Crippen LogP contribution in [-0.4, -0.2) is 127 Å². The fraction of sp³-hybridized carbons (Fsp3) is 0.436. The molecular weight excluding hydrogens is 1020 g/mol. The number of pyridine rings is 1. The van der Waals surface area contributed by atoms with Gasteiger partial charge in [-0.05, 0) is 73.9 Å². The number of amides is 8. The number of carbonyl (C=O) groups excluding carboxylic acids is 7. The molecule has 2 fully saturated rings. The van der Waals surface area contributed by atoms with Gasteiger partial charge >= 0.3 is 18.1 Å². The molecule has 2 aliphatic rings. The maximum absolute atomic E-state index is 15.5. The second kappa shape index (κ2) is 27.1. The Morgan fingerprint density at radius 2 is 1.54 bits per heavy atom. The number of primary amides is 1. The molecule has 3 atom stereocenters. The highest BCUT2D eigenvalue weighted by molar-refractivity contribution is 6.02. The molecular formula is C55H67FN12O11. The summed E-state index contributed by atoms with van der Waals surface area (Å²) >= 11 is 0. The van der Waals surface area contributed by atoms with Gasteiger partial charge in [0.05, 0.1) is 23.4 Å². The van der Waals surface area contributed by atoms with Gasteiger partial charge in [0.2, 0.25) is 35.0 Å². The zero-order chi connectivity index (χ0) is 56.8. The van der Waals surface area contributed by atoms with E-state index in [1.54, 1.807) is 46.9 Å². The molecule has 2 unspecified atom stereocenters. The lowest BCUT2D eigenvalue weighted by atomic mass is 9.99. The Kier molecular flexibility index (Phi) is 19.9. The van der Waals surface area contributed by atoms with Crippen LogP contribution in [0, 0.1) is 11.7 Å². The molecule has 0 saturated carbocycles. The molecule has 5 aromatic rings. The SMILES string of the molecule is CCn1cc(C(=O)O)c(=O)c2cc(F)c(N3CCN(C(=O)OCc4ccc(NC(=O)C(CCCNC(N)=O)n5cc([C@@H](NC(=O)C(Cc6ccccc6)NC(=O)CCCCCN6C(=O)CCC6=O)C(C)C)nn5)cc4)CC3)cc21. The van der Waals surface area contributed by atoms with E-state index in [-0.39, 0.29) is 106 Å². The predicted octanol–water partition coefficient (Wildman–Crippen LogP) is 4.79. The number of urea groups is 1. The third kappa shape index (κ3) is 15.3. The molecule has 8 amide bonds. The minimum atomic E-state index is -1.40. The van der Waals surface area contributed by atoms with E-state index in [9.17, 15) is 48.3 Å². The first kappa shape index (κ1) is 58.0. The number of aromatic nitrogens is 4. The molecule has 3 aromatic carbocycles. The van der Waals surface area contributed by atoms with Crippen molar-refractivity contribution in [1.82, 2.24) is 45.3 Å². The summed E-state index contributed by atoms with van der Waals surface area (Å²) in [5.41, 5.74) is 6.92. The quantitative estimate of drug-likeness (QED) is 0.0339. The lowest BCUT2D eigenvalue weighted by Crippen LogP contribution is -2.49. The summed E-state index contributed by atoms with van der Waals surface area (Å²) < 4.78 is 24.0. The van der Waals surface area contributed by atoms with Crippen LogP contribution in [0.2, 0.25) is 0 Å². The van der Waals surface area contributed by atoms with Gasteiger partial charge < -0.3 is 51.2 Å². The van der Waals surface area contributed by atoms with Crippen molar-refractivity contribution in [3.63, 3.8) is 0 Å². The van der Waals surface area contributed by atoms with Crippen molar-refractivity contribution in [3.8, 4) is 0 Å². The van der Waals surface area contributed by atoms with Crippen LogP contribution in [0.5, 0.6) is 0 Å². The number of nitrogens with one attached hydrogen (secondary N) is 4. The number of piperazine rings is 1. The van der Waals surface area contributed by atoms with E-state index >= 15 is 4.39 Å². The Labute approximate surface area is 455 Å². The van der Waals surface area contributed by atoms with Gasteiger partial charge in [-0.3, -0.25) is 33.7 Å². The molecule has 79 heavy (non-hydrogen) atoms. The van der Waals surface area contributed by atoms with Crippen LogP contribution in [-0.2, 0) is 48.3 Å². The molecule has 0 radical (unpaired) electrons. The van der Waals surface area contributed by atoms with E-state index < -0.39 is 64.8 Å². The largest absolute Gasteiger partial charge is 0.477 e. The number of rotatable bonds is 25. The average molecular weight is 1090 g/mol. The number of nitrogens with two attached hydrogens (primary N) is 1. The van der Waals surface area contributed by atoms with Crippen molar-refractivity contribution >= 4 is 69.9 Å². The van der Waals surface area contributed by atoms with Gasteiger partial charge in [-0.1, -0.05) is 67.9 Å². The minimum absolute atomic E-state index is 0.0373. The van der Waals surface area contributed by atoms with Crippen LogP contribution in [0.3, 0.4) is 0 Å². The van der Waals surface area contributed by atoms with Crippen LogP contribution >= 0.6 is 0 Å². The first-order valence-electron chi connectivity index (χ1n) is 26.5. The summed E-state index contributed by atoms with van der Waals surface area (Å²) in [7, 11) is 0. The van der Waals surface area contributed by atoms with E-state index in [1.165, 1.54) is 26.7 Å². The van der Waals surface area contributed by atoms with Gasteiger partial charge in [-0.25, -0.2) is 23.5 Å². The number of aromatic carboxylic acids is 1. The highest BCUT2D eigenvalue weighted by atomic mass is 19.1. The number of halogens is 1. The molecule has 0 aliphatic carbocycles. The number of aryl methyl sites for hydroxylation is 1. The van der Waals surface area contributed by atoms with Crippen molar-refractivity contribution in [2.24, 2.45) is 11.7 Å². The van der Waals surface area contributed by atoms with Gasteiger partial charge in [0.25, 0.3) is 0 Å². The summed E-state index contributed by atoms with van der Waals surface area (Å²) in [5, 5.41) is 29.5. The van der Waals surface area contributed by atoms with Crippen LogP contribution in [0.15, 0.2) is 83.9 Å². The number of carbonyl (C=O) groups is 8. The van der Waals surface area contributed by atoms with Crippen molar-refractivity contribution in [1.29, 1.82) is 0 Å². The van der Waals surface area contributed by atoms with Crippen molar-refractivity contribution in [3.05, 3.63) is 118 Å². The maximum atomic E-state index is 15.5. The van der Waals surface area contributed by atoms with Gasteiger partial charge in [0.15, 0.2) is 0 Å². The molecule has 2 saturated heterocycles. The highest BCUT2D eigenvalue weighted by Crippen LogP contribution is 2.28. The molecule has 7 N–H and O–H groups in total. The first-order chi connectivity index (χ1) is 37.9. The fourth-order valence-electron chi connectivity index (χ4n) is 9.57. The number of fused-ring (bicyclic) bond motifs is 1. The smallest absolute Gasteiger partial charge is 0.410 e. The highest BCUT2D eigenvalue weighted by Gasteiger charge is 2.31. The van der Waals surface area contributed by atoms with E-state index in [0.29, 0.717) is 61.2 Å². The van der Waals surface area contributed by atoms with Crippen LogP contribution in [0.25, 0.3) is 10.9 Å². The van der Waals surface area contributed by atoms with E-state index in [4.69, 9.17) is 10.5 Å². The summed E-state index contributed by atoms with van der Waals surface area (Å²) in [6, 6.07) is 15.2. The number of hydrogen-bond donors (Lipinski definition) is 6. The zero-order valence-corrected chi connectivity index (χ0v) is 44.5. The Bertz CT molecular complexity index is 3070. The third-order valence-electron chi connectivity index (χ3n) is 13.9. The Morgan fingerprint density at radius 1 is 0.835 bits per heavy atom. The van der Waals surface area contributed by atoms with Crippen molar-refractivity contribution in [2.45, 2.75) is 110 Å². The second-order valence-corrected chi connectivity index (χ2v) is 19.9. The van der Waals surface area contributed by atoms with Gasteiger partial charge in [0.1, 0.15) is 35.8 Å². The third-order valence-corrected chi connectivity index (χ3v) is 13.9. The summed E-state index contributed by atoms with van der Waals surface area (Å²) in [6.45, 7) is 7.27. The Hall–Kier alpha value is -8.70. The van der Waals surface area contributed by atoms with Gasteiger partial charge in [-0.2, -0.15) is 0 Å². The molecule has 420 valence electrons. The molecule has 24 heteroatoms. The van der Waals surface area contributed by atoms with E-state index in [0.717, 1.165) is 11.6 Å². The normalized spacial score (nSPS) is 14.7. The van der Waals surface area contributed by atoms with Gasteiger partial charge in [0, 0.05) is 88.8 Å². The number of hydrogen-bond acceptors (Lipinski definition) is 13. The number of likely N-dealkylation sites (tertiary alicyclic amines) is 1. The molecule has 0 spiro atoms. The summed E-state index contributed by atoms with van der Waals surface area (Å²) in [5.74, 6) is -3.90. The Morgan fingerprint density at radius 3 is 2.20 bits per heavy atom. The molecule has 7 rings (SSSR count). The minimum Gasteiger partial charge on any atom is -0.477 e. The monoisotopic (exact) mass is 1090 g/mol. The number of unbranched alkanes of at least 4 members (excludes halogenated alkanes) is 2. The van der Waals surface area contributed by atoms with Crippen molar-refractivity contribution < 1.29 is 52.6 Å². The number of nitrogens with zero attached hydrogens (tertiary/aromatic N) is 7. The van der Waals surface area contributed by atoms with Crippen molar-refractivity contribution in [2.75, 3.05) is 49.5 Å². The van der Waals surface area contributed by atoms with E-state index in [2.05, 4.69) is 31.6 Å². The molecule has 0 bridgehead atoms. The summed E-state index contributed by atoms with van der Waals surface area (Å²) in [6.07, 6.45) is 5.24. The zero-order valence-electron chi connectivity index (χ0n) is 44.5. The maximum Gasteiger partial charge on any atom is 0.410 e. The van der Waals surface area contributed by atoms with Crippen LogP contribution < -0.4 is 37.3 Å². The molecule has 2 aromatic heterocycles. The standard InChI is InChI=1S/C55H67FN12O11/c1-4-64-31-39(53(75)76)50(72)38-29-40(56)45(30-44(38)64)65-24-26-66(27-25-65)55(78)79-33-36-16-18-37(19-17-36)59-52(74)43(14-11-22-58-54(57)77)68-32-42(62-63-68)49(34(2)3)61-51(73)41(28-35-12-7-5-8-13-35)60-46(69)15-9-6-10-23-67-47(70)20-21-48(67)71/h5,7-8,12-13,16-19,29-32,34,41,43,49H,4,6,9-11,14-15,20-28,33H2,1-3H3,(H,59,74)(H,60,69)(H,61,73)(H,75,76)(H3,57,58,77)/t41?,43?,49-/m0/s1. The van der Waals surface area contributed by atoms with Gasteiger partial charge in [-0.15, -0.1) is 5.10 Å². The lowest BCUT2D eigenvalue weighted by molar-refractivity contribution is -0.138. The average Bonchev–Trinajstić information content (AvgIpc) is 4.09. The Balaban J connectivity index is 0.942. The molecule has 4 heterocycles. The summed E-state index contributed by atoms with van der Waals surface area (Å²) in [4.78, 5) is 119. The number of ether oxygens (including phenoxy) is 1. The van der Waals surface area contributed by atoms with E-state index in [1.807, 2.05) is 44.2 Å². The molecule has 2 aliphatic heterocycles. The second-order valence-electron chi connectivity index (χ2n) is 19.9. The molecule has 23 nitrogen and oxygen atoms in total.